The van der Waals surface area contributed by atoms with Crippen molar-refractivity contribution in [2.75, 3.05) is 13.1 Å². The molecular weight excluding hydrogens is 307 g/mol. The highest BCUT2D eigenvalue weighted by atomic mass is 35.5. The highest BCUT2D eigenvalue weighted by Crippen LogP contribution is 2.23. The summed E-state index contributed by atoms with van der Waals surface area (Å²) in [6.45, 7) is 3.08. The molecule has 0 fully saturated rings. The van der Waals surface area contributed by atoms with Crippen molar-refractivity contribution in [2.45, 2.75) is 19.8 Å². The molecule has 3 N–H and O–H groups in total. The second-order valence-electron chi connectivity index (χ2n) is 4.27. The molecule has 108 valence electrons. The topological polar surface area (TPSA) is 55.1 Å². The van der Waals surface area contributed by atoms with Gasteiger partial charge in [0.15, 0.2) is 0 Å². The molecule has 19 heavy (non-hydrogen) atoms. The quantitative estimate of drug-likeness (QED) is 0.790. The van der Waals surface area contributed by atoms with Crippen molar-refractivity contribution in [2.24, 2.45) is 11.7 Å². The lowest BCUT2D eigenvalue weighted by molar-refractivity contribution is -0.124. The summed E-state index contributed by atoms with van der Waals surface area (Å²) in [5.74, 6) is -0.101. The maximum atomic E-state index is 11.8. The Morgan fingerprint density at radius 2 is 2.11 bits per heavy atom. The zero-order chi connectivity index (χ0) is 13.5. The van der Waals surface area contributed by atoms with Crippen LogP contribution in [0.2, 0.25) is 10.0 Å². The molecule has 0 spiro atoms. The molecule has 0 aliphatic carbocycles. The van der Waals surface area contributed by atoms with Crippen LogP contribution >= 0.6 is 35.6 Å². The van der Waals surface area contributed by atoms with E-state index in [0.717, 1.165) is 12.0 Å². The number of benzene rings is 1. The van der Waals surface area contributed by atoms with E-state index >= 15 is 0 Å². The summed E-state index contributed by atoms with van der Waals surface area (Å²) >= 11 is 11.9. The standard InChI is InChI=1S/C13H18Cl2N2O.ClH/c1-9(13(18)17-6-2-5-16)7-10-3-4-11(14)8-12(10)15;/h3-4,8-9H,2,5-7,16H2,1H3,(H,17,18);1H. The molecule has 1 aromatic carbocycles. The fraction of sp³-hybridized carbons (Fsp3) is 0.462. The third-order valence-electron chi connectivity index (χ3n) is 2.67. The minimum absolute atomic E-state index is 0. The Morgan fingerprint density at radius 3 is 2.68 bits per heavy atom. The van der Waals surface area contributed by atoms with E-state index in [1.165, 1.54) is 0 Å². The van der Waals surface area contributed by atoms with Crippen LogP contribution < -0.4 is 11.1 Å². The van der Waals surface area contributed by atoms with Crippen LogP contribution in [0.4, 0.5) is 0 Å². The maximum absolute atomic E-state index is 11.8. The van der Waals surface area contributed by atoms with Crippen molar-refractivity contribution in [3.63, 3.8) is 0 Å². The minimum Gasteiger partial charge on any atom is -0.356 e. The molecule has 6 heteroatoms. The van der Waals surface area contributed by atoms with Crippen molar-refractivity contribution in [1.82, 2.24) is 5.32 Å². The van der Waals surface area contributed by atoms with Gasteiger partial charge in [-0.1, -0.05) is 36.2 Å². The molecule has 0 saturated carbocycles. The van der Waals surface area contributed by atoms with Crippen LogP contribution in [0.1, 0.15) is 18.9 Å². The molecule has 0 aromatic heterocycles. The Kier molecular flexibility index (Phi) is 9.19. The van der Waals surface area contributed by atoms with E-state index < -0.39 is 0 Å². The monoisotopic (exact) mass is 324 g/mol. The number of hydrogen-bond acceptors (Lipinski definition) is 2. The van der Waals surface area contributed by atoms with Crippen molar-refractivity contribution in [1.29, 1.82) is 0 Å². The lowest BCUT2D eigenvalue weighted by Gasteiger charge is -2.13. The van der Waals surface area contributed by atoms with Crippen molar-refractivity contribution in [3.8, 4) is 0 Å². The van der Waals surface area contributed by atoms with Crippen LogP contribution in [0.25, 0.3) is 0 Å². The highest BCUT2D eigenvalue weighted by Gasteiger charge is 2.14. The summed E-state index contributed by atoms with van der Waals surface area (Å²) in [7, 11) is 0. The van der Waals surface area contributed by atoms with E-state index in [9.17, 15) is 4.79 Å². The van der Waals surface area contributed by atoms with Crippen LogP contribution in [0.5, 0.6) is 0 Å². The fourth-order valence-electron chi connectivity index (χ4n) is 1.60. The minimum atomic E-state index is -0.124. The van der Waals surface area contributed by atoms with Gasteiger partial charge in [0.25, 0.3) is 0 Å². The van der Waals surface area contributed by atoms with E-state index in [-0.39, 0.29) is 24.2 Å². The Morgan fingerprint density at radius 1 is 1.42 bits per heavy atom. The summed E-state index contributed by atoms with van der Waals surface area (Å²) in [6.07, 6.45) is 1.39. The first-order valence-electron chi connectivity index (χ1n) is 5.96. The predicted octanol–water partition coefficient (Wildman–Crippen LogP) is 3.06. The molecule has 0 saturated heterocycles. The molecule has 1 atom stereocenters. The number of hydrogen-bond donors (Lipinski definition) is 2. The van der Waals surface area contributed by atoms with Gasteiger partial charge >= 0.3 is 0 Å². The number of halogens is 3. The van der Waals surface area contributed by atoms with Crippen molar-refractivity contribution in [3.05, 3.63) is 33.8 Å². The Hall–Kier alpha value is -0.480. The molecule has 1 aromatic rings. The van der Waals surface area contributed by atoms with Crippen LogP contribution in [-0.2, 0) is 11.2 Å². The van der Waals surface area contributed by atoms with Crippen molar-refractivity contribution >= 4 is 41.5 Å². The molecule has 3 nitrogen and oxygen atoms in total. The molecule has 1 unspecified atom stereocenters. The molecule has 0 radical (unpaired) electrons. The third kappa shape index (κ3) is 6.48. The van der Waals surface area contributed by atoms with Crippen LogP contribution in [0.3, 0.4) is 0 Å². The molecule has 1 amide bonds. The molecule has 1 rings (SSSR count). The van der Waals surface area contributed by atoms with Gasteiger partial charge in [-0.25, -0.2) is 0 Å². The molecule has 0 bridgehead atoms. The zero-order valence-corrected chi connectivity index (χ0v) is 13.1. The Balaban J connectivity index is 0.00000324. The third-order valence-corrected chi connectivity index (χ3v) is 3.26. The van der Waals surface area contributed by atoms with E-state index in [0.29, 0.717) is 29.6 Å². The van der Waals surface area contributed by atoms with E-state index in [1.807, 2.05) is 13.0 Å². The van der Waals surface area contributed by atoms with Gasteiger partial charge in [-0.2, -0.15) is 0 Å². The van der Waals surface area contributed by atoms with Crippen LogP contribution in [0, 0.1) is 5.92 Å². The summed E-state index contributed by atoms with van der Waals surface area (Å²) in [6, 6.07) is 5.33. The maximum Gasteiger partial charge on any atom is 0.223 e. The first-order valence-corrected chi connectivity index (χ1v) is 6.72. The largest absolute Gasteiger partial charge is 0.356 e. The highest BCUT2D eigenvalue weighted by molar-refractivity contribution is 6.35. The van der Waals surface area contributed by atoms with Gasteiger partial charge in [0.1, 0.15) is 0 Å². The number of amides is 1. The van der Waals surface area contributed by atoms with Gasteiger partial charge < -0.3 is 11.1 Å². The SMILES string of the molecule is CC(Cc1ccc(Cl)cc1Cl)C(=O)NCCCN.Cl. The smallest absolute Gasteiger partial charge is 0.223 e. The number of nitrogens with one attached hydrogen (secondary N) is 1. The Bertz CT molecular complexity index is 413. The summed E-state index contributed by atoms with van der Waals surface area (Å²) in [5.41, 5.74) is 6.30. The Labute approximate surface area is 130 Å². The van der Waals surface area contributed by atoms with E-state index in [2.05, 4.69) is 5.32 Å². The summed E-state index contributed by atoms with van der Waals surface area (Å²) < 4.78 is 0. The van der Waals surface area contributed by atoms with Crippen molar-refractivity contribution < 1.29 is 4.79 Å². The van der Waals surface area contributed by atoms with Gasteiger partial charge in [0.05, 0.1) is 0 Å². The second kappa shape index (κ2) is 9.43. The molecule has 0 aliphatic heterocycles. The lowest BCUT2D eigenvalue weighted by Crippen LogP contribution is -2.31. The molecular formula is C13H19Cl3N2O. The first-order chi connectivity index (χ1) is 8.54. The van der Waals surface area contributed by atoms with Gasteiger partial charge in [0, 0.05) is 22.5 Å². The molecule has 0 aliphatic rings. The number of carbonyl (C=O) groups is 1. The van der Waals surface area contributed by atoms with Crippen LogP contribution in [-0.4, -0.2) is 19.0 Å². The normalized spacial score (nSPS) is 11.6. The van der Waals surface area contributed by atoms with Gasteiger partial charge in [-0.05, 0) is 37.1 Å². The number of carbonyl (C=O) groups excluding carboxylic acids is 1. The zero-order valence-electron chi connectivity index (χ0n) is 10.8. The van der Waals surface area contributed by atoms with E-state index in [4.69, 9.17) is 28.9 Å². The summed E-state index contributed by atoms with van der Waals surface area (Å²) in [4.78, 5) is 11.8. The summed E-state index contributed by atoms with van der Waals surface area (Å²) in [5, 5.41) is 4.05. The second-order valence-corrected chi connectivity index (χ2v) is 5.12. The number of nitrogens with two attached hydrogens (primary N) is 1. The fourth-order valence-corrected chi connectivity index (χ4v) is 2.08. The predicted molar refractivity (Wildman–Crippen MR) is 83.3 cm³/mol. The lowest BCUT2D eigenvalue weighted by atomic mass is 10.0. The molecule has 0 heterocycles. The average Bonchev–Trinajstić information content (AvgIpc) is 2.32. The first kappa shape index (κ1) is 18.5. The van der Waals surface area contributed by atoms with Crippen LogP contribution in [0.15, 0.2) is 18.2 Å². The van der Waals surface area contributed by atoms with Gasteiger partial charge in [0.2, 0.25) is 5.91 Å². The average molecular weight is 326 g/mol. The van der Waals surface area contributed by atoms with E-state index in [1.54, 1.807) is 12.1 Å². The van der Waals surface area contributed by atoms with Gasteiger partial charge in [-0.3, -0.25) is 4.79 Å². The number of rotatable bonds is 6. The van der Waals surface area contributed by atoms with Gasteiger partial charge in [-0.15, -0.1) is 12.4 Å².